The average molecular weight is 289 g/mol. The molecule has 0 spiro atoms. The molecule has 3 N–H and O–H groups in total. The van der Waals surface area contributed by atoms with Gasteiger partial charge in [-0.3, -0.25) is 9.59 Å². The second-order valence-corrected chi connectivity index (χ2v) is 5.43. The van der Waals surface area contributed by atoms with Crippen LogP contribution in [0.25, 0.3) is 0 Å². The van der Waals surface area contributed by atoms with Crippen molar-refractivity contribution in [3.63, 3.8) is 0 Å². The molecule has 0 aliphatic carbocycles. The van der Waals surface area contributed by atoms with Crippen LogP contribution >= 0.6 is 0 Å². The van der Waals surface area contributed by atoms with Crippen molar-refractivity contribution in [1.82, 2.24) is 10.2 Å². The summed E-state index contributed by atoms with van der Waals surface area (Å²) < 4.78 is 0. The summed E-state index contributed by atoms with van der Waals surface area (Å²) in [5, 5.41) is 2.77. The predicted octanol–water partition coefficient (Wildman–Crippen LogP) is 1.79. The monoisotopic (exact) mass is 289 g/mol. The number of carbonyl (C=O) groups excluding carboxylic acids is 2. The van der Waals surface area contributed by atoms with Crippen LogP contribution < -0.4 is 11.1 Å². The molecular weight excluding hydrogens is 266 g/mol. The average Bonchev–Trinajstić information content (AvgIpc) is 2.76. The molecule has 0 bridgehead atoms. The highest BCUT2D eigenvalue weighted by molar-refractivity contribution is 5.95. The Hall–Kier alpha value is -2.04. The number of amides is 2. The van der Waals surface area contributed by atoms with E-state index in [4.69, 9.17) is 5.73 Å². The molecule has 2 amide bonds. The smallest absolute Gasteiger partial charge is 0.251 e. The lowest BCUT2D eigenvalue weighted by molar-refractivity contribution is -0.131. The summed E-state index contributed by atoms with van der Waals surface area (Å²) in [5.41, 5.74) is 6.73. The lowest BCUT2D eigenvalue weighted by atomic mass is 10.2. The first-order chi connectivity index (χ1) is 10.2. The van der Waals surface area contributed by atoms with Crippen LogP contribution in [-0.2, 0) is 4.79 Å². The van der Waals surface area contributed by atoms with E-state index in [9.17, 15) is 9.59 Å². The lowest BCUT2D eigenvalue weighted by Crippen LogP contribution is -2.35. The van der Waals surface area contributed by atoms with Crippen LogP contribution in [0.15, 0.2) is 24.3 Å². The van der Waals surface area contributed by atoms with E-state index < -0.39 is 0 Å². The van der Waals surface area contributed by atoms with E-state index in [0.717, 1.165) is 25.9 Å². The number of nitrogens with two attached hydrogens (primary N) is 1. The van der Waals surface area contributed by atoms with Crippen molar-refractivity contribution in [2.24, 2.45) is 0 Å². The van der Waals surface area contributed by atoms with Crippen LogP contribution in [0, 0.1) is 0 Å². The van der Waals surface area contributed by atoms with Gasteiger partial charge in [0.05, 0.1) is 0 Å². The van der Waals surface area contributed by atoms with Gasteiger partial charge in [0.2, 0.25) is 5.91 Å². The van der Waals surface area contributed by atoms with E-state index >= 15 is 0 Å². The largest absolute Gasteiger partial charge is 0.399 e. The highest BCUT2D eigenvalue weighted by Gasteiger charge is 2.15. The zero-order valence-electron chi connectivity index (χ0n) is 12.3. The van der Waals surface area contributed by atoms with Crippen LogP contribution in [0.2, 0.25) is 0 Å². The molecule has 2 rings (SSSR count). The molecule has 1 aliphatic rings. The van der Waals surface area contributed by atoms with Crippen LogP contribution in [0.5, 0.6) is 0 Å². The summed E-state index contributed by atoms with van der Waals surface area (Å²) in [5.74, 6) is -0.0595. The van der Waals surface area contributed by atoms with Gasteiger partial charge in [0.15, 0.2) is 0 Å². The van der Waals surface area contributed by atoms with Gasteiger partial charge in [-0.1, -0.05) is 18.9 Å². The van der Waals surface area contributed by atoms with Crippen molar-refractivity contribution in [2.45, 2.75) is 32.1 Å². The molecule has 0 unspecified atom stereocenters. The third kappa shape index (κ3) is 4.77. The minimum atomic E-state index is -0.189. The fraction of sp³-hybridized carbons (Fsp3) is 0.500. The first kappa shape index (κ1) is 15.4. The maximum Gasteiger partial charge on any atom is 0.251 e. The number of benzene rings is 1. The minimum Gasteiger partial charge on any atom is -0.399 e. The summed E-state index contributed by atoms with van der Waals surface area (Å²) in [6.45, 7) is 2.06. The molecule has 0 atom stereocenters. The topological polar surface area (TPSA) is 75.4 Å². The number of anilines is 1. The van der Waals surface area contributed by atoms with Crippen molar-refractivity contribution in [3.05, 3.63) is 29.8 Å². The van der Waals surface area contributed by atoms with E-state index in [0.29, 0.717) is 24.2 Å². The fourth-order valence-electron chi connectivity index (χ4n) is 2.54. The number of nitrogen functional groups attached to an aromatic ring is 1. The van der Waals surface area contributed by atoms with Gasteiger partial charge in [-0.05, 0) is 31.0 Å². The number of rotatable bonds is 4. The maximum absolute atomic E-state index is 12.1. The van der Waals surface area contributed by atoms with Crippen molar-refractivity contribution in [1.29, 1.82) is 0 Å². The van der Waals surface area contributed by atoms with Gasteiger partial charge in [-0.2, -0.15) is 0 Å². The highest BCUT2D eigenvalue weighted by atomic mass is 16.2. The normalized spacial score (nSPS) is 15.3. The number of hydrogen-bond donors (Lipinski definition) is 2. The third-order valence-corrected chi connectivity index (χ3v) is 3.73. The fourth-order valence-corrected chi connectivity index (χ4v) is 2.54. The Morgan fingerprint density at radius 3 is 2.52 bits per heavy atom. The number of nitrogens with one attached hydrogen (secondary N) is 1. The Balaban J connectivity index is 1.75. The molecule has 1 saturated heterocycles. The molecule has 1 aliphatic heterocycles. The molecular formula is C16H23N3O2. The summed E-state index contributed by atoms with van der Waals surface area (Å²) in [6.07, 6.45) is 4.93. The van der Waals surface area contributed by atoms with Gasteiger partial charge < -0.3 is 16.0 Å². The van der Waals surface area contributed by atoms with E-state index in [2.05, 4.69) is 5.32 Å². The van der Waals surface area contributed by atoms with Crippen LogP contribution in [-0.4, -0.2) is 36.3 Å². The van der Waals surface area contributed by atoms with Gasteiger partial charge in [0.1, 0.15) is 0 Å². The number of likely N-dealkylation sites (tertiary alicyclic amines) is 1. The van der Waals surface area contributed by atoms with Gasteiger partial charge >= 0.3 is 0 Å². The van der Waals surface area contributed by atoms with E-state index in [1.807, 2.05) is 4.90 Å². The van der Waals surface area contributed by atoms with E-state index in [1.54, 1.807) is 24.3 Å². The van der Waals surface area contributed by atoms with Gasteiger partial charge in [-0.25, -0.2) is 0 Å². The molecule has 5 nitrogen and oxygen atoms in total. The van der Waals surface area contributed by atoms with Crippen LogP contribution in [0.1, 0.15) is 42.5 Å². The van der Waals surface area contributed by atoms with Crippen LogP contribution in [0.3, 0.4) is 0 Å². The molecule has 21 heavy (non-hydrogen) atoms. The predicted molar refractivity (Wildman–Crippen MR) is 82.9 cm³/mol. The summed E-state index contributed by atoms with van der Waals surface area (Å²) >= 11 is 0. The second-order valence-electron chi connectivity index (χ2n) is 5.43. The zero-order valence-corrected chi connectivity index (χ0v) is 12.3. The molecule has 1 aromatic carbocycles. The molecule has 0 radical (unpaired) electrons. The summed E-state index contributed by atoms with van der Waals surface area (Å²) in [7, 11) is 0. The van der Waals surface area contributed by atoms with Crippen molar-refractivity contribution >= 4 is 17.5 Å². The first-order valence-corrected chi connectivity index (χ1v) is 7.58. The zero-order chi connectivity index (χ0) is 15.1. The molecule has 5 heteroatoms. The lowest BCUT2D eigenvalue weighted by Gasteiger charge is -2.20. The molecule has 0 aromatic heterocycles. The molecule has 1 aromatic rings. The summed E-state index contributed by atoms with van der Waals surface area (Å²) in [4.78, 5) is 25.9. The molecule has 1 heterocycles. The van der Waals surface area contributed by atoms with E-state index in [1.165, 1.54) is 12.8 Å². The number of hydrogen-bond acceptors (Lipinski definition) is 3. The van der Waals surface area contributed by atoms with Gasteiger partial charge in [0.25, 0.3) is 5.91 Å². The molecule has 0 saturated carbocycles. The Labute approximate surface area is 125 Å². The number of nitrogens with zero attached hydrogens (tertiary/aromatic N) is 1. The van der Waals surface area contributed by atoms with Gasteiger partial charge in [0, 0.05) is 37.3 Å². The van der Waals surface area contributed by atoms with Crippen molar-refractivity contribution in [3.8, 4) is 0 Å². The third-order valence-electron chi connectivity index (χ3n) is 3.73. The SMILES string of the molecule is Nc1cccc(C(=O)NCCC(=O)N2CCCCCC2)c1. The Kier molecular flexibility index (Phi) is 5.60. The first-order valence-electron chi connectivity index (χ1n) is 7.58. The highest BCUT2D eigenvalue weighted by Crippen LogP contribution is 2.10. The van der Waals surface area contributed by atoms with Gasteiger partial charge in [-0.15, -0.1) is 0 Å². The molecule has 114 valence electrons. The quantitative estimate of drug-likeness (QED) is 0.830. The van der Waals surface area contributed by atoms with Crippen molar-refractivity contribution in [2.75, 3.05) is 25.4 Å². The standard InChI is InChI=1S/C16H23N3O2/c17-14-7-5-6-13(12-14)16(21)18-9-8-15(20)19-10-3-1-2-4-11-19/h5-7,12H,1-4,8-11,17H2,(H,18,21). The number of carbonyl (C=O) groups is 2. The maximum atomic E-state index is 12.1. The Morgan fingerprint density at radius 1 is 1.14 bits per heavy atom. The Morgan fingerprint density at radius 2 is 1.86 bits per heavy atom. The minimum absolute atomic E-state index is 0.129. The van der Waals surface area contributed by atoms with Crippen molar-refractivity contribution < 1.29 is 9.59 Å². The Bertz CT molecular complexity index is 494. The van der Waals surface area contributed by atoms with Crippen LogP contribution in [0.4, 0.5) is 5.69 Å². The second kappa shape index (κ2) is 7.67. The summed E-state index contributed by atoms with van der Waals surface area (Å²) in [6, 6.07) is 6.82. The molecule has 1 fully saturated rings. The van der Waals surface area contributed by atoms with E-state index in [-0.39, 0.29) is 11.8 Å².